The fraction of sp³-hybridized carbons (Fsp3) is 0.360. The van der Waals surface area contributed by atoms with Gasteiger partial charge in [0.15, 0.2) is 0 Å². The van der Waals surface area contributed by atoms with E-state index < -0.39 is 38.1 Å². The molecule has 1 saturated heterocycles. The molecule has 2 N–H and O–H groups in total. The number of para-hydroxylation sites is 1. The highest BCUT2D eigenvalue weighted by Crippen LogP contribution is 2.47. The van der Waals surface area contributed by atoms with Crippen molar-refractivity contribution >= 4 is 19.7 Å². The maximum atomic E-state index is 13.7. The largest absolute Gasteiger partial charge is 0.478 e. The Balaban J connectivity index is 1.80. The lowest BCUT2D eigenvalue weighted by Gasteiger charge is -2.29. The van der Waals surface area contributed by atoms with Crippen LogP contribution >= 0.6 is 7.75 Å². The molecule has 3 rings (SSSR count). The van der Waals surface area contributed by atoms with Crippen LogP contribution in [0.2, 0.25) is 0 Å². The summed E-state index contributed by atoms with van der Waals surface area (Å²) in [7, 11) is -2.84. The summed E-state index contributed by atoms with van der Waals surface area (Å²) < 4.78 is 36.0. The highest BCUT2D eigenvalue weighted by Gasteiger charge is 2.45. The van der Waals surface area contributed by atoms with Gasteiger partial charge in [0, 0.05) is 30.7 Å². The summed E-state index contributed by atoms with van der Waals surface area (Å²) in [5, 5.41) is 12.0. The maximum Gasteiger partial charge on any atom is 0.459 e. The van der Waals surface area contributed by atoms with Crippen LogP contribution in [0, 0.1) is 11.8 Å². The van der Waals surface area contributed by atoms with E-state index in [-0.39, 0.29) is 29.8 Å². The molecule has 10 nitrogen and oxygen atoms in total. The van der Waals surface area contributed by atoms with Crippen molar-refractivity contribution in [1.29, 1.82) is 0 Å². The average molecular weight is 519 g/mol. The predicted octanol–water partition coefficient (Wildman–Crippen LogP) is 3.86. The van der Waals surface area contributed by atoms with E-state index in [1.807, 2.05) is 0 Å². The van der Waals surface area contributed by atoms with Gasteiger partial charge in [-0.25, -0.2) is 9.36 Å². The predicted molar refractivity (Wildman–Crippen MR) is 133 cm³/mol. The molecule has 1 aromatic rings. The van der Waals surface area contributed by atoms with Gasteiger partial charge in [-0.1, -0.05) is 36.4 Å². The summed E-state index contributed by atoms with van der Waals surface area (Å²) in [6.45, 7) is 9.12. The maximum absolute atomic E-state index is 13.7. The van der Waals surface area contributed by atoms with Crippen molar-refractivity contribution in [3.8, 4) is 5.75 Å². The molecule has 1 aromatic carbocycles. The lowest BCUT2D eigenvalue weighted by molar-refractivity contribution is -0.142. The molecular formula is C25H31N2O8P. The van der Waals surface area contributed by atoms with Crippen molar-refractivity contribution in [3.05, 3.63) is 79.7 Å². The van der Waals surface area contributed by atoms with Crippen LogP contribution in [0.1, 0.15) is 13.3 Å². The monoisotopic (exact) mass is 518 g/mol. The van der Waals surface area contributed by atoms with E-state index >= 15 is 0 Å². The summed E-state index contributed by atoms with van der Waals surface area (Å²) in [6, 6.07) is 7.44. The molecule has 0 bridgehead atoms. The molecule has 0 saturated carbocycles. The minimum Gasteiger partial charge on any atom is -0.478 e. The number of carboxylic acids is 1. The number of hydrogen-bond donors (Lipinski definition) is 2. The number of esters is 1. The van der Waals surface area contributed by atoms with Crippen LogP contribution in [0.25, 0.3) is 0 Å². The summed E-state index contributed by atoms with van der Waals surface area (Å²) in [5.74, 6) is -1.91. The fourth-order valence-electron chi connectivity index (χ4n) is 4.03. The third kappa shape index (κ3) is 6.53. The molecule has 0 amide bonds. The van der Waals surface area contributed by atoms with Crippen molar-refractivity contribution in [2.24, 2.45) is 11.8 Å². The van der Waals surface area contributed by atoms with Crippen LogP contribution in [-0.2, 0) is 28.2 Å². The Kier molecular flexibility index (Phi) is 9.28. The topological polar surface area (TPSA) is 124 Å². The third-order valence-electron chi connectivity index (χ3n) is 5.83. The van der Waals surface area contributed by atoms with E-state index in [2.05, 4.69) is 18.2 Å². The number of rotatable bonds is 12. The highest BCUT2D eigenvalue weighted by molar-refractivity contribution is 7.52. The van der Waals surface area contributed by atoms with Crippen LogP contribution in [0.5, 0.6) is 5.75 Å². The van der Waals surface area contributed by atoms with E-state index in [9.17, 15) is 19.3 Å². The third-order valence-corrected chi connectivity index (χ3v) is 7.48. The zero-order valence-electron chi connectivity index (χ0n) is 20.2. The van der Waals surface area contributed by atoms with E-state index in [4.69, 9.17) is 18.5 Å². The van der Waals surface area contributed by atoms with Crippen LogP contribution in [0.15, 0.2) is 79.7 Å². The van der Waals surface area contributed by atoms with Gasteiger partial charge in [-0.15, -0.1) is 13.2 Å². The number of hydrogen-bond acceptors (Lipinski definition) is 8. The zero-order valence-corrected chi connectivity index (χ0v) is 21.1. The number of allylic oxidation sites excluding steroid dienone is 1. The number of ether oxygens (including phenoxy) is 2. The molecule has 2 aliphatic heterocycles. The Morgan fingerprint density at radius 3 is 2.58 bits per heavy atom. The molecule has 1 unspecified atom stereocenters. The molecule has 0 radical (unpaired) electrons. The van der Waals surface area contributed by atoms with E-state index in [0.717, 1.165) is 0 Å². The minimum absolute atomic E-state index is 0.171. The standard InChI is InChI=1S/C25H31N2O8P/c1-5-20-21(6-2)23(27-14-10-11-18(15-27)24(28)29)34-22(20)16-33-36(31,26-17(3)25(30)32-4)35-19-12-8-7-9-13-19/h5-10,12-15,17,20-23H,1-2,11,16H2,3-4H3,(H,26,31)(H,28,29)/t17-,20-,21+,22+,23+,36?/m0/s1. The SMILES string of the molecule is C=C[C@@H]1[C@H](C=C)[C@@H](COP(=O)(N[C@@H](C)C(=O)OC)Oc2ccccc2)O[C@H]1N1C=CCC(C(=O)O)=C1. The molecule has 0 aliphatic carbocycles. The average Bonchev–Trinajstić information content (AvgIpc) is 3.25. The Hall–Kier alpha value is -3.17. The van der Waals surface area contributed by atoms with Gasteiger partial charge in [0.2, 0.25) is 0 Å². The quantitative estimate of drug-likeness (QED) is 0.240. The van der Waals surface area contributed by atoms with Crippen LogP contribution in [-0.4, -0.2) is 54.0 Å². The van der Waals surface area contributed by atoms with E-state index in [1.54, 1.807) is 59.7 Å². The second-order valence-corrected chi connectivity index (χ2v) is 9.95. The summed E-state index contributed by atoms with van der Waals surface area (Å²) in [4.78, 5) is 25.1. The lowest BCUT2D eigenvalue weighted by Crippen LogP contribution is -2.35. The van der Waals surface area contributed by atoms with Gasteiger partial charge in [-0.05, 0) is 19.1 Å². The Morgan fingerprint density at radius 2 is 1.97 bits per heavy atom. The molecule has 0 aromatic heterocycles. The summed E-state index contributed by atoms with van der Waals surface area (Å²) in [6.07, 6.45) is 7.53. The van der Waals surface area contributed by atoms with Gasteiger partial charge in [0.25, 0.3) is 0 Å². The van der Waals surface area contributed by atoms with Gasteiger partial charge in [-0.3, -0.25) is 9.32 Å². The minimum atomic E-state index is -4.07. The number of nitrogens with zero attached hydrogens (tertiary/aromatic N) is 1. The Bertz CT molecular complexity index is 1070. The molecular weight excluding hydrogens is 487 g/mol. The molecule has 6 atom stereocenters. The smallest absolute Gasteiger partial charge is 0.459 e. The van der Waals surface area contributed by atoms with Crippen molar-refractivity contribution in [2.45, 2.75) is 31.7 Å². The molecule has 2 aliphatic rings. The molecule has 1 fully saturated rings. The van der Waals surface area contributed by atoms with Crippen molar-refractivity contribution < 1.29 is 37.8 Å². The fourth-order valence-corrected chi connectivity index (χ4v) is 5.53. The Labute approximate surface area is 210 Å². The first kappa shape index (κ1) is 27.4. The number of nitrogens with one attached hydrogen (secondary N) is 1. The molecule has 36 heavy (non-hydrogen) atoms. The van der Waals surface area contributed by atoms with Gasteiger partial charge in [-0.2, -0.15) is 5.09 Å². The number of methoxy groups -OCH3 is 1. The normalized spacial score (nSPS) is 25.8. The van der Waals surface area contributed by atoms with Gasteiger partial charge < -0.3 is 24.0 Å². The van der Waals surface area contributed by atoms with Gasteiger partial charge in [0.05, 0.1) is 25.4 Å². The van der Waals surface area contributed by atoms with Crippen molar-refractivity contribution in [1.82, 2.24) is 9.99 Å². The van der Waals surface area contributed by atoms with Gasteiger partial charge in [0.1, 0.15) is 18.0 Å². The second kappa shape index (κ2) is 12.2. The lowest BCUT2D eigenvalue weighted by atomic mass is 9.89. The number of carbonyl (C=O) groups excluding carboxylic acids is 1. The van der Waals surface area contributed by atoms with Crippen molar-refractivity contribution in [2.75, 3.05) is 13.7 Å². The van der Waals surface area contributed by atoms with Crippen LogP contribution in [0.3, 0.4) is 0 Å². The number of benzene rings is 1. The van der Waals surface area contributed by atoms with E-state index in [1.165, 1.54) is 20.2 Å². The first-order valence-electron chi connectivity index (χ1n) is 11.3. The number of aliphatic carboxylic acids is 1. The van der Waals surface area contributed by atoms with Crippen LogP contribution < -0.4 is 9.61 Å². The molecule has 194 valence electrons. The number of carboxylic acid groups (broad SMARTS) is 1. The van der Waals surface area contributed by atoms with Crippen LogP contribution in [0.4, 0.5) is 0 Å². The van der Waals surface area contributed by atoms with Crippen molar-refractivity contribution in [3.63, 3.8) is 0 Å². The molecule has 2 heterocycles. The summed E-state index contributed by atoms with van der Waals surface area (Å²) >= 11 is 0. The zero-order chi connectivity index (χ0) is 26.3. The van der Waals surface area contributed by atoms with E-state index in [0.29, 0.717) is 6.42 Å². The van der Waals surface area contributed by atoms with Gasteiger partial charge >= 0.3 is 19.7 Å². The summed E-state index contributed by atoms with van der Waals surface area (Å²) in [5.41, 5.74) is 0.223. The highest BCUT2D eigenvalue weighted by atomic mass is 31.2. The second-order valence-electron chi connectivity index (χ2n) is 8.26. The first-order valence-corrected chi connectivity index (χ1v) is 12.9. The Morgan fingerprint density at radius 1 is 1.28 bits per heavy atom. The molecule has 0 spiro atoms. The first-order chi connectivity index (χ1) is 17.2. The molecule has 11 heteroatoms. The number of carbonyl (C=O) groups is 2.